The molecule has 0 saturated carbocycles. The van der Waals surface area contributed by atoms with E-state index in [0.29, 0.717) is 0 Å². The van der Waals surface area contributed by atoms with E-state index in [0.717, 1.165) is 0 Å². The summed E-state index contributed by atoms with van der Waals surface area (Å²) in [6.07, 6.45) is 0. The van der Waals surface area contributed by atoms with Gasteiger partial charge in [-0.05, 0) is 96.6 Å². The third-order valence-corrected chi connectivity index (χ3v) is 14.5. The van der Waals surface area contributed by atoms with Crippen LogP contribution in [-0.2, 0) is 0 Å². The van der Waals surface area contributed by atoms with Crippen molar-refractivity contribution in [2.24, 2.45) is 0 Å². The normalized spacial score (nSPS) is 13.3. The number of para-hydroxylation sites is 3. The van der Waals surface area contributed by atoms with Crippen molar-refractivity contribution < 1.29 is 0 Å². The fourth-order valence-electron chi connectivity index (χ4n) is 12.4. The summed E-state index contributed by atoms with van der Waals surface area (Å²) >= 11 is 0. The van der Waals surface area contributed by atoms with Gasteiger partial charge in [-0.3, -0.25) is 0 Å². The molecule has 3 aromatic heterocycles. The summed E-state index contributed by atoms with van der Waals surface area (Å²) in [5.74, 6) is 0. The van der Waals surface area contributed by atoms with Gasteiger partial charge in [-0.15, -0.1) is 0 Å². The average molecular weight is 756 g/mol. The molecule has 0 atom stereocenters. The Morgan fingerprint density at radius 2 is 0.900 bits per heavy atom. The van der Waals surface area contributed by atoms with Crippen LogP contribution in [0.2, 0.25) is 0 Å². The molecule has 0 fully saturated rings. The molecule has 0 saturated heterocycles. The van der Waals surface area contributed by atoms with Gasteiger partial charge in [0.2, 0.25) is 0 Å². The van der Waals surface area contributed by atoms with E-state index in [9.17, 15) is 0 Å². The Morgan fingerprint density at radius 1 is 0.317 bits per heavy atom. The summed E-state index contributed by atoms with van der Waals surface area (Å²) in [5, 5.41) is 13.1. The number of nitrogens with zero attached hydrogens (tertiary/aromatic N) is 3. The topological polar surface area (TPSA) is 14.8 Å². The number of benzene rings is 10. The zero-order valence-corrected chi connectivity index (χ0v) is 32.2. The van der Waals surface area contributed by atoms with Crippen LogP contribution in [0.4, 0.5) is 0 Å². The van der Waals surface area contributed by atoms with Crippen molar-refractivity contribution in [1.29, 1.82) is 0 Å². The average Bonchev–Trinajstić information content (AvgIpc) is 3.93. The van der Waals surface area contributed by atoms with Crippen molar-refractivity contribution in [3.63, 3.8) is 0 Å². The van der Waals surface area contributed by atoms with Gasteiger partial charge in [-0.1, -0.05) is 146 Å². The van der Waals surface area contributed by atoms with Crippen molar-refractivity contribution >= 4 is 110 Å². The third kappa shape index (κ3) is 3.32. The molecule has 272 valence electrons. The molecule has 0 N–H and O–H groups in total. The Kier molecular flexibility index (Phi) is 5.17. The van der Waals surface area contributed by atoms with Crippen LogP contribution in [0, 0.1) is 0 Å². The lowest BCUT2D eigenvalue weighted by molar-refractivity contribution is 1.10. The second-order valence-electron chi connectivity index (χ2n) is 17.1. The van der Waals surface area contributed by atoms with Crippen molar-refractivity contribution in [3.8, 4) is 39.3 Å². The van der Waals surface area contributed by atoms with Crippen LogP contribution in [-0.4, -0.2) is 20.4 Å². The van der Waals surface area contributed by atoms with Crippen LogP contribution in [0.3, 0.4) is 0 Å². The second-order valence-corrected chi connectivity index (χ2v) is 17.1. The molecule has 0 radical (unpaired) electrons. The quantitative estimate of drug-likeness (QED) is 0.148. The number of aromatic nitrogens is 3. The van der Waals surface area contributed by atoms with Crippen molar-refractivity contribution in [1.82, 2.24) is 13.7 Å². The maximum absolute atomic E-state index is 2.66. The fourth-order valence-corrected chi connectivity index (χ4v) is 12.4. The predicted octanol–water partition coefficient (Wildman–Crippen LogP) is 12.1. The van der Waals surface area contributed by atoms with Gasteiger partial charge in [0, 0.05) is 49.2 Å². The molecule has 0 spiro atoms. The maximum Gasteiger partial charge on any atom is 0.252 e. The van der Waals surface area contributed by atoms with Gasteiger partial charge >= 0.3 is 0 Å². The third-order valence-electron chi connectivity index (χ3n) is 14.5. The van der Waals surface area contributed by atoms with E-state index in [4.69, 9.17) is 0 Å². The lowest BCUT2D eigenvalue weighted by Gasteiger charge is -2.34. The minimum Gasteiger partial charge on any atom is -0.310 e. The molecule has 60 heavy (non-hydrogen) atoms. The van der Waals surface area contributed by atoms with Crippen LogP contribution in [0.5, 0.6) is 0 Å². The Morgan fingerprint density at radius 3 is 1.73 bits per heavy atom. The SMILES string of the molecule is c1ccc2c(c1)-c1cccc3cc4c5c(c13)c1c-2cccc1n5-c1cc(-n2c3ccccc3c3c5ccccc5ccc32)cc2c1B4c1cccc3c4ccccc4n-2c13. The summed E-state index contributed by atoms with van der Waals surface area (Å²) in [6.45, 7) is 0.0469. The van der Waals surface area contributed by atoms with E-state index in [-0.39, 0.29) is 6.71 Å². The van der Waals surface area contributed by atoms with Crippen LogP contribution in [0.15, 0.2) is 182 Å². The van der Waals surface area contributed by atoms with Gasteiger partial charge < -0.3 is 13.7 Å². The first-order valence-electron chi connectivity index (χ1n) is 21.1. The summed E-state index contributed by atoms with van der Waals surface area (Å²) < 4.78 is 7.79. The summed E-state index contributed by atoms with van der Waals surface area (Å²) in [4.78, 5) is 0. The number of hydrogen-bond donors (Lipinski definition) is 0. The maximum atomic E-state index is 2.66. The molecule has 0 bridgehead atoms. The first-order chi connectivity index (χ1) is 29.8. The Balaban J connectivity index is 1.16. The molecule has 5 heterocycles. The van der Waals surface area contributed by atoms with E-state index >= 15 is 0 Å². The van der Waals surface area contributed by atoms with Crippen molar-refractivity contribution in [2.75, 3.05) is 0 Å². The number of hydrogen-bond acceptors (Lipinski definition) is 0. The predicted molar refractivity (Wildman–Crippen MR) is 254 cm³/mol. The molecule has 3 nitrogen and oxygen atoms in total. The summed E-state index contributed by atoms with van der Waals surface area (Å²) in [5.41, 5.74) is 20.6. The van der Waals surface area contributed by atoms with Gasteiger partial charge in [-0.2, -0.15) is 0 Å². The summed E-state index contributed by atoms with van der Waals surface area (Å²) in [6, 6.07) is 69.1. The van der Waals surface area contributed by atoms with Crippen LogP contribution < -0.4 is 16.4 Å². The summed E-state index contributed by atoms with van der Waals surface area (Å²) in [7, 11) is 0. The van der Waals surface area contributed by atoms with Gasteiger partial charge in [0.25, 0.3) is 6.71 Å². The minimum absolute atomic E-state index is 0.0469. The Hall–Kier alpha value is -7.82. The van der Waals surface area contributed by atoms with Crippen LogP contribution in [0.1, 0.15) is 0 Å². The molecule has 0 unspecified atom stereocenters. The lowest BCUT2D eigenvalue weighted by Crippen LogP contribution is -2.59. The van der Waals surface area contributed by atoms with Crippen LogP contribution >= 0.6 is 0 Å². The molecule has 4 heteroatoms. The van der Waals surface area contributed by atoms with Crippen LogP contribution in [0.25, 0.3) is 126 Å². The molecule has 1 aliphatic carbocycles. The zero-order valence-electron chi connectivity index (χ0n) is 32.2. The molecule has 10 aromatic carbocycles. The smallest absolute Gasteiger partial charge is 0.252 e. The highest BCUT2D eigenvalue weighted by molar-refractivity contribution is 7.00. The van der Waals surface area contributed by atoms with Gasteiger partial charge in [0.1, 0.15) is 0 Å². The monoisotopic (exact) mass is 755 g/mol. The fraction of sp³-hybridized carbons (Fsp3) is 0. The lowest BCUT2D eigenvalue weighted by atomic mass is 9.34. The highest BCUT2D eigenvalue weighted by atomic mass is 15.1. The van der Waals surface area contributed by atoms with E-state index in [1.165, 1.54) is 143 Å². The van der Waals surface area contributed by atoms with Gasteiger partial charge in [-0.25, -0.2) is 0 Å². The van der Waals surface area contributed by atoms with E-state index in [1.54, 1.807) is 0 Å². The Bertz CT molecular complexity index is 4190. The minimum atomic E-state index is 0.0469. The van der Waals surface area contributed by atoms with Gasteiger partial charge in [0.05, 0.1) is 33.3 Å². The van der Waals surface area contributed by atoms with E-state index in [2.05, 4.69) is 196 Å². The Labute approximate surface area is 343 Å². The first-order valence-corrected chi connectivity index (χ1v) is 21.1. The molecular weight excluding hydrogens is 725 g/mol. The first kappa shape index (κ1) is 30.3. The van der Waals surface area contributed by atoms with Crippen molar-refractivity contribution in [3.05, 3.63) is 182 Å². The molecule has 3 aliphatic rings. The number of rotatable bonds is 1. The molecule has 16 rings (SSSR count). The molecule has 0 amide bonds. The highest BCUT2D eigenvalue weighted by Gasteiger charge is 2.42. The van der Waals surface area contributed by atoms with E-state index in [1.807, 2.05) is 0 Å². The zero-order chi connectivity index (χ0) is 38.5. The standard InChI is InChI=1S/C56H30BN3/c1-2-14-34-31(12-1)26-27-47-51(34)41-18-6-8-24-45(41)58(47)33-29-48-54-49(30-33)60-46-25-11-20-39-36-16-4-3-15-35(36)38-19-9-13-32-28-43(56(60)53(50(32)38)52(39)46)57(54)42-22-10-21-40-37-17-5-7-23-44(37)59(48)55(40)42/h1-30H. The van der Waals surface area contributed by atoms with Gasteiger partial charge in [0.15, 0.2) is 0 Å². The molecular formula is C56H30BN3. The molecule has 2 aliphatic heterocycles. The molecule has 13 aromatic rings. The van der Waals surface area contributed by atoms with Crippen molar-refractivity contribution in [2.45, 2.75) is 0 Å². The second kappa shape index (κ2) is 10.2. The van der Waals surface area contributed by atoms with E-state index < -0.39 is 0 Å². The highest BCUT2D eigenvalue weighted by Crippen LogP contribution is 2.51. The number of fused-ring (bicyclic) bond motifs is 16. The largest absolute Gasteiger partial charge is 0.310 e.